The van der Waals surface area contributed by atoms with Gasteiger partial charge in [0.1, 0.15) is 0 Å². The maximum atomic E-state index is 10.9. The molecule has 0 atom stereocenters. The third kappa shape index (κ3) is 1.62. The minimum absolute atomic E-state index is 0.0357. The molecular formula is C12H12ClNO2. The van der Waals surface area contributed by atoms with Crippen molar-refractivity contribution in [2.45, 2.75) is 13.5 Å². The van der Waals surface area contributed by atoms with Crippen LogP contribution in [0.4, 0.5) is 0 Å². The molecule has 2 aromatic rings. The molecule has 4 heteroatoms. The molecular weight excluding hydrogens is 226 g/mol. The van der Waals surface area contributed by atoms with Gasteiger partial charge in [-0.25, -0.2) is 0 Å². The van der Waals surface area contributed by atoms with Gasteiger partial charge in [0, 0.05) is 28.7 Å². The Morgan fingerprint density at radius 2 is 2.25 bits per heavy atom. The van der Waals surface area contributed by atoms with Gasteiger partial charge in [-0.2, -0.15) is 0 Å². The lowest BCUT2D eigenvalue weighted by molar-refractivity contribution is 0.112. The van der Waals surface area contributed by atoms with Gasteiger partial charge < -0.3 is 9.67 Å². The number of aromatic nitrogens is 1. The van der Waals surface area contributed by atoms with Crippen LogP contribution in [0.15, 0.2) is 18.3 Å². The number of aliphatic hydroxyl groups is 1. The molecule has 0 saturated heterocycles. The van der Waals surface area contributed by atoms with E-state index in [2.05, 4.69) is 0 Å². The van der Waals surface area contributed by atoms with Crippen LogP contribution < -0.4 is 0 Å². The highest BCUT2D eigenvalue weighted by molar-refractivity contribution is 6.32. The average molecular weight is 238 g/mol. The second-order valence-electron chi connectivity index (χ2n) is 3.69. The van der Waals surface area contributed by atoms with Crippen molar-refractivity contribution >= 4 is 28.8 Å². The minimum atomic E-state index is 0.0357. The summed E-state index contributed by atoms with van der Waals surface area (Å²) in [4.78, 5) is 10.9. The average Bonchev–Trinajstić information content (AvgIpc) is 2.63. The van der Waals surface area contributed by atoms with Gasteiger partial charge in [-0.15, -0.1) is 0 Å². The lowest BCUT2D eigenvalue weighted by Crippen LogP contribution is -2.01. The van der Waals surface area contributed by atoms with E-state index < -0.39 is 0 Å². The lowest BCUT2D eigenvalue weighted by atomic mass is 10.1. The number of rotatable bonds is 3. The summed E-state index contributed by atoms with van der Waals surface area (Å²) in [6.45, 7) is 2.41. The Kier molecular flexibility index (Phi) is 2.99. The van der Waals surface area contributed by atoms with E-state index in [4.69, 9.17) is 16.7 Å². The molecule has 16 heavy (non-hydrogen) atoms. The van der Waals surface area contributed by atoms with E-state index in [1.165, 1.54) is 0 Å². The molecule has 0 fully saturated rings. The van der Waals surface area contributed by atoms with E-state index in [0.717, 1.165) is 22.8 Å². The molecule has 1 aromatic heterocycles. The summed E-state index contributed by atoms with van der Waals surface area (Å²) in [6.07, 6.45) is 2.57. The van der Waals surface area contributed by atoms with Crippen molar-refractivity contribution in [1.29, 1.82) is 0 Å². The Morgan fingerprint density at radius 3 is 2.88 bits per heavy atom. The first kappa shape index (κ1) is 11.2. The monoisotopic (exact) mass is 237 g/mol. The number of aldehydes is 1. The summed E-state index contributed by atoms with van der Waals surface area (Å²) in [5.74, 6) is 0. The second kappa shape index (κ2) is 4.28. The van der Waals surface area contributed by atoms with Gasteiger partial charge in [0.25, 0.3) is 0 Å². The molecule has 0 unspecified atom stereocenters. The number of hydrogen-bond acceptors (Lipinski definition) is 2. The second-order valence-corrected chi connectivity index (χ2v) is 4.10. The largest absolute Gasteiger partial charge is 0.395 e. The topological polar surface area (TPSA) is 42.2 Å². The molecule has 2 rings (SSSR count). The number of aliphatic hydroxyl groups excluding tert-OH is 1. The van der Waals surface area contributed by atoms with Gasteiger partial charge in [-0.3, -0.25) is 4.79 Å². The molecule has 0 saturated carbocycles. The van der Waals surface area contributed by atoms with Gasteiger partial charge >= 0.3 is 0 Å². The van der Waals surface area contributed by atoms with Crippen LogP contribution in [-0.2, 0) is 6.54 Å². The summed E-state index contributed by atoms with van der Waals surface area (Å²) < 4.78 is 1.86. The number of fused-ring (bicyclic) bond motifs is 1. The third-order valence-electron chi connectivity index (χ3n) is 2.73. The first-order valence-corrected chi connectivity index (χ1v) is 5.40. The maximum Gasteiger partial charge on any atom is 0.152 e. The van der Waals surface area contributed by atoms with Crippen LogP contribution in [0.3, 0.4) is 0 Å². The maximum absolute atomic E-state index is 10.9. The molecule has 1 aromatic carbocycles. The Bertz CT molecular complexity index is 545. The standard InChI is InChI=1S/C12H12ClNO2/c1-8-11(13)3-2-10-9(7-16)6-14(4-5-15)12(8)10/h2-3,6-7,15H,4-5H2,1H3. The molecule has 0 radical (unpaired) electrons. The van der Waals surface area contributed by atoms with E-state index in [9.17, 15) is 4.79 Å². The molecule has 0 spiro atoms. The van der Waals surface area contributed by atoms with Crippen LogP contribution in [0.25, 0.3) is 10.9 Å². The van der Waals surface area contributed by atoms with Gasteiger partial charge in [-0.05, 0) is 18.6 Å². The Hall–Kier alpha value is -1.32. The number of halogens is 1. The van der Waals surface area contributed by atoms with Crippen LogP contribution in [0.1, 0.15) is 15.9 Å². The smallest absolute Gasteiger partial charge is 0.152 e. The zero-order valence-electron chi connectivity index (χ0n) is 8.90. The lowest BCUT2D eigenvalue weighted by Gasteiger charge is -2.06. The molecule has 0 bridgehead atoms. The predicted octanol–water partition coefficient (Wildman–Crippen LogP) is 2.41. The van der Waals surface area contributed by atoms with Crippen molar-refractivity contribution in [3.8, 4) is 0 Å². The van der Waals surface area contributed by atoms with E-state index in [1.807, 2.05) is 17.6 Å². The van der Waals surface area contributed by atoms with Gasteiger partial charge in [0.15, 0.2) is 6.29 Å². The van der Waals surface area contributed by atoms with E-state index >= 15 is 0 Å². The number of benzene rings is 1. The molecule has 1 heterocycles. The molecule has 3 nitrogen and oxygen atoms in total. The van der Waals surface area contributed by atoms with Crippen molar-refractivity contribution in [1.82, 2.24) is 4.57 Å². The van der Waals surface area contributed by atoms with Crippen molar-refractivity contribution in [3.05, 3.63) is 34.5 Å². The minimum Gasteiger partial charge on any atom is -0.395 e. The highest BCUT2D eigenvalue weighted by atomic mass is 35.5. The Balaban J connectivity index is 2.80. The highest BCUT2D eigenvalue weighted by Crippen LogP contribution is 2.28. The number of nitrogens with zero attached hydrogens (tertiary/aromatic N) is 1. The molecule has 0 aliphatic rings. The normalized spacial score (nSPS) is 10.9. The predicted molar refractivity (Wildman–Crippen MR) is 64.2 cm³/mol. The zero-order chi connectivity index (χ0) is 11.7. The van der Waals surface area contributed by atoms with Crippen molar-refractivity contribution < 1.29 is 9.90 Å². The van der Waals surface area contributed by atoms with Crippen LogP contribution >= 0.6 is 11.6 Å². The summed E-state index contributed by atoms with van der Waals surface area (Å²) in [7, 11) is 0. The molecule has 84 valence electrons. The quantitative estimate of drug-likeness (QED) is 0.833. The van der Waals surface area contributed by atoms with Gasteiger partial charge in [-0.1, -0.05) is 17.7 Å². The van der Waals surface area contributed by atoms with Crippen molar-refractivity contribution in [2.75, 3.05) is 6.61 Å². The van der Waals surface area contributed by atoms with E-state index in [-0.39, 0.29) is 6.61 Å². The number of carbonyl (C=O) groups excluding carboxylic acids is 1. The fraction of sp³-hybridized carbons (Fsp3) is 0.250. The van der Waals surface area contributed by atoms with Crippen molar-refractivity contribution in [3.63, 3.8) is 0 Å². The van der Waals surface area contributed by atoms with Gasteiger partial charge in [0.2, 0.25) is 0 Å². The van der Waals surface area contributed by atoms with Gasteiger partial charge in [0.05, 0.1) is 12.1 Å². The summed E-state index contributed by atoms with van der Waals surface area (Å²) in [6, 6.07) is 3.62. The SMILES string of the molecule is Cc1c(Cl)ccc2c(C=O)cn(CCO)c12. The van der Waals surface area contributed by atoms with Crippen LogP contribution in [0.5, 0.6) is 0 Å². The van der Waals surface area contributed by atoms with Crippen LogP contribution in [-0.4, -0.2) is 22.6 Å². The molecule has 0 aliphatic carbocycles. The number of aryl methyl sites for hydroxylation is 1. The fourth-order valence-electron chi connectivity index (χ4n) is 1.96. The van der Waals surface area contributed by atoms with Crippen molar-refractivity contribution in [2.24, 2.45) is 0 Å². The Morgan fingerprint density at radius 1 is 1.50 bits per heavy atom. The summed E-state index contributed by atoms with van der Waals surface area (Å²) >= 11 is 6.05. The zero-order valence-corrected chi connectivity index (χ0v) is 9.66. The highest BCUT2D eigenvalue weighted by Gasteiger charge is 2.11. The number of hydrogen-bond donors (Lipinski definition) is 1. The number of carbonyl (C=O) groups is 1. The molecule has 0 amide bonds. The summed E-state index contributed by atoms with van der Waals surface area (Å²) in [5.41, 5.74) is 2.48. The summed E-state index contributed by atoms with van der Waals surface area (Å²) in [5, 5.41) is 10.5. The molecule has 1 N–H and O–H groups in total. The van der Waals surface area contributed by atoms with Crippen LogP contribution in [0, 0.1) is 6.92 Å². The first-order valence-electron chi connectivity index (χ1n) is 5.03. The first-order chi connectivity index (χ1) is 7.69. The fourth-order valence-corrected chi connectivity index (χ4v) is 2.11. The van der Waals surface area contributed by atoms with E-state index in [0.29, 0.717) is 17.1 Å². The Labute approximate surface area is 98.3 Å². The molecule has 0 aliphatic heterocycles. The third-order valence-corrected chi connectivity index (χ3v) is 3.14. The van der Waals surface area contributed by atoms with E-state index in [1.54, 1.807) is 12.3 Å². The van der Waals surface area contributed by atoms with Crippen LogP contribution in [0.2, 0.25) is 5.02 Å².